The molecule has 0 spiro atoms. The molecule has 0 atom stereocenters. The summed E-state index contributed by atoms with van der Waals surface area (Å²) in [7, 11) is 0. The van der Waals surface area contributed by atoms with Crippen molar-refractivity contribution in [2.75, 3.05) is 13.1 Å². The summed E-state index contributed by atoms with van der Waals surface area (Å²) < 4.78 is 0. The second-order valence-electron chi connectivity index (χ2n) is 5.07. The van der Waals surface area contributed by atoms with Crippen LogP contribution in [-0.2, 0) is 12.8 Å². The summed E-state index contributed by atoms with van der Waals surface area (Å²) >= 11 is 0. The highest BCUT2D eigenvalue weighted by Crippen LogP contribution is 2.05. The van der Waals surface area contributed by atoms with E-state index in [2.05, 4.69) is 15.6 Å². The second-order valence-corrected chi connectivity index (χ2v) is 5.07. The molecule has 0 saturated heterocycles. The van der Waals surface area contributed by atoms with Gasteiger partial charge in [0.25, 0.3) is 0 Å². The van der Waals surface area contributed by atoms with Crippen molar-refractivity contribution < 1.29 is 9.59 Å². The van der Waals surface area contributed by atoms with Crippen LogP contribution in [0.15, 0.2) is 48.7 Å². The third kappa shape index (κ3) is 5.78. The van der Waals surface area contributed by atoms with Gasteiger partial charge >= 0.3 is 6.03 Å². The molecule has 1 aromatic heterocycles. The fraction of sp³-hybridized carbons (Fsp3) is 0.235. The van der Waals surface area contributed by atoms with Gasteiger partial charge in [0.1, 0.15) is 0 Å². The van der Waals surface area contributed by atoms with E-state index in [0.29, 0.717) is 31.5 Å². The Hall–Kier alpha value is -2.89. The first-order chi connectivity index (χ1) is 11.1. The fourth-order valence-electron chi connectivity index (χ4n) is 2.11. The minimum Gasteiger partial charge on any atom is -0.366 e. The highest BCUT2D eigenvalue weighted by atomic mass is 16.2. The number of pyridine rings is 1. The van der Waals surface area contributed by atoms with Gasteiger partial charge in [-0.25, -0.2) is 4.79 Å². The van der Waals surface area contributed by atoms with E-state index in [1.807, 2.05) is 24.3 Å². The molecule has 120 valence electrons. The molecular formula is C17H20N4O2. The van der Waals surface area contributed by atoms with Crippen molar-refractivity contribution in [3.8, 4) is 0 Å². The Balaban J connectivity index is 1.66. The lowest BCUT2D eigenvalue weighted by Crippen LogP contribution is -2.37. The summed E-state index contributed by atoms with van der Waals surface area (Å²) in [5.41, 5.74) is 7.61. The molecule has 1 aromatic carbocycles. The predicted molar refractivity (Wildman–Crippen MR) is 88.0 cm³/mol. The van der Waals surface area contributed by atoms with Gasteiger partial charge in [-0.2, -0.15) is 0 Å². The Bertz CT molecular complexity index is 659. The number of carbonyl (C=O) groups excluding carboxylic acids is 2. The number of benzene rings is 1. The summed E-state index contributed by atoms with van der Waals surface area (Å²) in [6.45, 7) is 1.01. The molecule has 0 radical (unpaired) electrons. The molecule has 0 fully saturated rings. The maximum Gasteiger partial charge on any atom is 0.314 e. The zero-order chi connectivity index (χ0) is 16.5. The van der Waals surface area contributed by atoms with Crippen LogP contribution >= 0.6 is 0 Å². The molecule has 0 aliphatic rings. The van der Waals surface area contributed by atoms with E-state index < -0.39 is 5.91 Å². The predicted octanol–water partition coefficient (Wildman–Crippen LogP) is 1.26. The van der Waals surface area contributed by atoms with Gasteiger partial charge < -0.3 is 16.4 Å². The van der Waals surface area contributed by atoms with Gasteiger partial charge in [0, 0.05) is 37.0 Å². The van der Waals surface area contributed by atoms with Gasteiger partial charge in [-0.05, 0) is 36.2 Å². The largest absolute Gasteiger partial charge is 0.366 e. The number of primary amides is 1. The van der Waals surface area contributed by atoms with E-state index in [-0.39, 0.29) is 6.03 Å². The molecule has 0 bridgehead atoms. The zero-order valence-electron chi connectivity index (χ0n) is 12.8. The minimum atomic E-state index is -0.452. The van der Waals surface area contributed by atoms with Gasteiger partial charge in [0.2, 0.25) is 5.91 Å². The number of carbonyl (C=O) groups is 2. The average Bonchev–Trinajstić information content (AvgIpc) is 2.56. The smallest absolute Gasteiger partial charge is 0.314 e. The summed E-state index contributed by atoms with van der Waals surface area (Å²) in [6.07, 6.45) is 3.05. The van der Waals surface area contributed by atoms with Gasteiger partial charge in [-0.15, -0.1) is 0 Å². The number of nitrogens with one attached hydrogen (secondary N) is 2. The molecule has 1 heterocycles. The summed E-state index contributed by atoms with van der Waals surface area (Å²) in [5.74, 6) is -0.452. The quantitative estimate of drug-likeness (QED) is 0.718. The van der Waals surface area contributed by atoms with Gasteiger partial charge in [0.15, 0.2) is 0 Å². The first-order valence-corrected chi connectivity index (χ1v) is 7.45. The Morgan fingerprint density at radius 2 is 1.78 bits per heavy atom. The topological polar surface area (TPSA) is 97.1 Å². The van der Waals surface area contributed by atoms with Crippen LogP contribution in [0.3, 0.4) is 0 Å². The van der Waals surface area contributed by atoms with E-state index >= 15 is 0 Å². The van der Waals surface area contributed by atoms with Crippen molar-refractivity contribution in [1.82, 2.24) is 15.6 Å². The molecule has 0 aliphatic heterocycles. The van der Waals surface area contributed by atoms with Crippen molar-refractivity contribution in [3.63, 3.8) is 0 Å². The molecule has 0 aliphatic carbocycles. The number of urea groups is 1. The molecule has 23 heavy (non-hydrogen) atoms. The molecule has 2 aromatic rings. The van der Waals surface area contributed by atoms with Crippen LogP contribution in [0.2, 0.25) is 0 Å². The minimum absolute atomic E-state index is 0.216. The lowest BCUT2D eigenvalue weighted by Gasteiger charge is -2.08. The fourth-order valence-corrected chi connectivity index (χ4v) is 2.11. The van der Waals surface area contributed by atoms with Gasteiger partial charge in [-0.1, -0.05) is 18.2 Å². The first kappa shape index (κ1) is 16.5. The number of hydrogen-bond donors (Lipinski definition) is 3. The summed E-state index contributed by atoms with van der Waals surface area (Å²) in [4.78, 5) is 27.0. The Morgan fingerprint density at radius 1 is 1.00 bits per heavy atom. The van der Waals surface area contributed by atoms with Crippen molar-refractivity contribution >= 4 is 11.9 Å². The number of nitrogens with zero attached hydrogens (tertiary/aromatic N) is 1. The number of nitrogens with two attached hydrogens (primary N) is 1. The Kier molecular flexibility index (Phi) is 6.11. The first-order valence-electron chi connectivity index (χ1n) is 7.45. The lowest BCUT2D eigenvalue weighted by molar-refractivity contribution is 0.1000. The van der Waals surface area contributed by atoms with Crippen molar-refractivity contribution in [2.45, 2.75) is 12.8 Å². The SMILES string of the molecule is NC(=O)c1cccc(CCNC(=O)NCCc2ccccn2)c1. The molecule has 0 unspecified atom stereocenters. The number of aromatic nitrogens is 1. The van der Waals surface area contributed by atoms with Crippen LogP contribution in [0.1, 0.15) is 21.6 Å². The number of hydrogen-bond acceptors (Lipinski definition) is 3. The summed E-state index contributed by atoms with van der Waals surface area (Å²) in [5, 5.41) is 5.56. The molecule has 3 amide bonds. The van der Waals surface area contributed by atoms with Crippen LogP contribution in [0, 0.1) is 0 Å². The van der Waals surface area contributed by atoms with Crippen LogP contribution in [0.5, 0.6) is 0 Å². The van der Waals surface area contributed by atoms with Crippen molar-refractivity contribution in [3.05, 3.63) is 65.5 Å². The van der Waals surface area contributed by atoms with Crippen LogP contribution in [0.25, 0.3) is 0 Å². The molecule has 0 saturated carbocycles. The van der Waals surface area contributed by atoms with Crippen molar-refractivity contribution in [2.24, 2.45) is 5.73 Å². The monoisotopic (exact) mass is 312 g/mol. The van der Waals surface area contributed by atoms with E-state index in [4.69, 9.17) is 5.73 Å². The van der Waals surface area contributed by atoms with Crippen LogP contribution in [0.4, 0.5) is 4.79 Å². The third-order valence-corrected chi connectivity index (χ3v) is 3.30. The number of rotatable bonds is 7. The van der Waals surface area contributed by atoms with Crippen molar-refractivity contribution in [1.29, 1.82) is 0 Å². The highest BCUT2D eigenvalue weighted by Gasteiger charge is 2.03. The standard InChI is InChI=1S/C17H20N4O2/c18-16(22)14-5-3-4-13(12-14)7-10-20-17(23)21-11-8-15-6-1-2-9-19-15/h1-6,9,12H,7-8,10-11H2,(H2,18,22)(H2,20,21,23). The Labute approximate surface area is 135 Å². The maximum absolute atomic E-state index is 11.7. The van der Waals surface area contributed by atoms with E-state index in [0.717, 1.165) is 11.3 Å². The number of amides is 3. The highest BCUT2D eigenvalue weighted by molar-refractivity contribution is 5.92. The van der Waals surface area contributed by atoms with E-state index in [1.54, 1.807) is 24.4 Å². The van der Waals surface area contributed by atoms with Gasteiger partial charge in [-0.3, -0.25) is 9.78 Å². The lowest BCUT2D eigenvalue weighted by atomic mass is 10.1. The van der Waals surface area contributed by atoms with E-state index in [9.17, 15) is 9.59 Å². The summed E-state index contributed by atoms with van der Waals surface area (Å²) in [6, 6.07) is 12.6. The second kappa shape index (κ2) is 8.53. The zero-order valence-corrected chi connectivity index (χ0v) is 12.8. The molecule has 4 N–H and O–H groups in total. The molecular weight excluding hydrogens is 292 g/mol. The molecule has 6 heteroatoms. The molecule has 2 rings (SSSR count). The molecule has 6 nitrogen and oxygen atoms in total. The Morgan fingerprint density at radius 3 is 2.48 bits per heavy atom. The van der Waals surface area contributed by atoms with E-state index in [1.165, 1.54) is 0 Å². The van der Waals surface area contributed by atoms with Gasteiger partial charge in [0.05, 0.1) is 0 Å². The van der Waals surface area contributed by atoms with Crippen LogP contribution < -0.4 is 16.4 Å². The normalized spacial score (nSPS) is 10.1. The van der Waals surface area contributed by atoms with Crippen LogP contribution in [-0.4, -0.2) is 30.0 Å². The third-order valence-electron chi connectivity index (χ3n) is 3.30. The maximum atomic E-state index is 11.7. The average molecular weight is 312 g/mol.